The number of carbonyl (C=O) groups is 1. The van der Waals surface area contributed by atoms with Crippen LogP contribution in [0.2, 0.25) is 0 Å². The van der Waals surface area contributed by atoms with Crippen LogP contribution in [-0.2, 0) is 24.8 Å². The van der Waals surface area contributed by atoms with E-state index in [2.05, 4.69) is 10.4 Å². The fourth-order valence-electron chi connectivity index (χ4n) is 2.66. The second-order valence-electron chi connectivity index (χ2n) is 5.83. The van der Waals surface area contributed by atoms with Gasteiger partial charge in [0, 0.05) is 25.2 Å². The molecule has 3 aromatic rings. The van der Waals surface area contributed by atoms with Gasteiger partial charge in [0.25, 0.3) is 0 Å². The number of nitrogens with one attached hydrogen (secondary N) is 1. The van der Waals surface area contributed by atoms with E-state index in [0.717, 1.165) is 28.3 Å². The Morgan fingerprint density at radius 2 is 2.00 bits per heavy atom. The average molecular weight is 323 g/mol. The van der Waals surface area contributed by atoms with Crippen LogP contribution in [0, 0.1) is 6.92 Å². The highest BCUT2D eigenvalue weighted by molar-refractivity contribution is 5.76. The van der Waals surface area contributed by atoms with Crippen LogP contribution >= 0.6 is 0 Å². The molecule has 24 heavy (non-hydrogen) atoms. The molecule has 1 N–H and O–H groups in total. The molecular formula is C19H21N3O2. The molecule has 2 heterocycles. The van der Waals surface area contributed by atoms with Crippen molar-refractivity contribution < 1.29 is 9.21 Å². The molecular weight excluding hydrogens is 302 g/mol. The van der Waals surface area contributed by atoms with Crippen LogP contribution in [0.3, 0.4) is 0 Å². The van der Waals surface area contributed by atoms with Gasteiger partial charge in [-0.05, 0) is 31.0 Å². The van der Waals surface area contributed by atoms with Gasteiger partial charge in [-0.3, -0.25) is 9.48 Å². The first-order valence-electron chi connectivity index (χ1n) is 8.02. The van der Waals surface area contributed by atoms with Gasteiger partial charge >= 0.3 is 0 Å². The predicted octanol–water partition coefficient (Wildman–Crippen LogP) is 3.24. The first-order chi connectivity index (χ1) is 11.6. The number of furan rings is 1. The minimum Gasteiger partial charge on any atom is -0.465 e. The molecule has 0 saturated carbocycles. The van der Waals surface area contributed by atoms with Crippen LogP contribution in [0.1, 0.15) is 23.5 Å². The van der Waals surface area contributed by atoms with Crippen LogP contribution in [-0.4, -0.2) is 15.7 Å². The number of aryl methyl sites for hydroxylation is 3. The summed E-state index contributed by atoms with van der Waals surface area (Å²) < 4.78 is 7.24. The number of rotatable bonds is 6. The Labute approximate surface area is 141 Å². The molecule has 0 radical (unpaired) electrons. The second kappa shape index (κ2) is 7.17. The molecule has 1 aromatic carbocycles. The van der Waals surface area contributed by atoms with Crippen molar-refractivity contribution >= 4 is 5.91 Å². The maximum Gasteiger partial charge on any atom is 0.220 e. The molecule has 0 aliphatic carbocycles. The minimum atomic E-state index is 0.00641. The van der Waals surface area contributed by atoms with E-state index in [4.69, 9.17) is 4.42 Å². The summed E-state index contributed by atoms with van der Waals surface area (Å²) in [5.41, 5.74) is 3.08. The third-order valence-electron chi connectivity index (χ3n) is 3.83. The number of amides is 1. The Hall–Kier alpha value is -2.82. The summed E-state index contributed by atoms with van der Waals surface area (Å²) in [4.78, 5) is 12.1. The summed E-state index contributed by atoms with van der Waals surface area (Å²) in [5, 5.41) is 7.41. The highest BCUT2D eigenvalue weighted by Crippen LogP contribution is 2.22. The quantitative estimate of drug-likeness (QED) is 0.757. The van der Waals surface area contributed by atoms with Gasteiger partial charge in [0.2, 0.25) is 5.91 Å². The number of aromatic nitrogens is 2. The average Bonchev–Trinajstić information content (AvgIpc) is 3.17. The first-order valence-corrected chi connectivity index (χ1v) is 8.02. The Kier molecular flexibility index (Phi) is 4.79. The number of hydrogen-bond acceptors (Lipinski definition) is 3. The number of hydrogen-bond donors (Lipinski definition) is 1. The SMILES string of the molecule is Cc1ccc(CNC(=O)CCc2cn(C)nc2-c2ccccc2)o1. The van der Waals surface area contributed by atoms with Crippen LogP contribution in [0.5, 0.6) is 0 Å². The van der Waals surface area contributed by atoms with Gasteiger partial charge in [0.05, 0.1) is 12.2 Å². The van der Waals surface area contributed by atoms with Crippen molar-refractivity contribution in [1.82, 2.24) is 15.1 Å². The summed E-state index contributed by atoms with van der Waals surface area (Å²) in [6.45, 7) is 2.31. The van der Waals surface area contributed by atoms with Gasteiger partial charge in [0.15, 0.2) is 0 Å². The molecule has 0 aliphatic rings. The predicted molar refractivity (Wildman–Crippen MR) is 92.3 cm³/mol. The lowest BCUT2D eigenvalue weighted by Crippen LogP contribution is -2.22. The molecule has 0 fully saturated rings. The first kappa shape index (κ1) is 16.1. The van der Waals surface area contributed by atoms with Crippen molar-refractivity contribution in [2.45, 2.75) is 26.3 Å². The van der Waals surface area contributed by atoms with Gasteiger partial charge in [-0.1, -0.05) is 30.3 Å². The molecule has 1 amide bonds. The summed E-state index contributed by atoms with van der Waals surface area (Å²) >= 11 is 0. The van der Waals surface area contributed by atoms with Crippen molar-refractivity contribution in [1.29, 1.82) is 0 Å². The third kappa shape index (κ3) is 3.93. The molecule has 0 spiro atoms. The van der Waals surface area contributed by atoms with Crippen LogP contribution < -0.4 is 5.32 Å². The standard InChI is InChI=1S/C19H21N3O2/c1-14-8-10-17(24-14)12-20-18(23)11-9-16-13-22(2)21-19(16)15-6-4-3-5-7-15/h3-8,10,13H,9,11-12H2,1-2H3,(H,20,23). The summed E-state index contributed by atoms with van der Waals surface area (Å²) in [6.07, 6.45) is 3.05. The molecule has 3 rings (SSSR count). The molecule has 5 heteroatoms. The van der Waals surface area contributed by atoms with Gasteiger partial charge in [-0.25, -0.2) is 0 Å². The van der Waals surface area contributed by atoms with Crippen molar-refractivity contribution in [3.8, 4) is 11.3 Å². The molecule has 5 nitrogen and oxygen atoms in total. The maximum absolute atomic E-state index is 12.1. The molecule has 0 saturated heterocycles. The third-order valence-corrected chi connectivity index (χ3v) is 3.83. The van der Waals surface area contributed by atoms with Crippen molar-refractivity contribution in [3.63, 3.8) is 0 Å². The Balaban J connectivity index is 1.59. The molecule has 0 atom stereocenters. The molecule has 0 aliphatic heterocycles. The number of carbonyl (C=O) groups excluding carboxylic acids is 1. The maximum atomic E-state index is 12.1. The fraction of sp³-hybridized carbons (Fsp3) is 0.263. The fourth-order valence-corrected chi connectivity index (χ4v) is 2.66. The highest BCUT2D eigenvalue weighted by atomic mass is 16.3. The molecule has 0 bridgehead atoms. The molecule has 2 aromatic heterocycles. The zero-order valence-electron chi connectivity index (χ0n) is 14.0. The monoisotopic (exact) mass is 323 g/mol. The van der Waals surface area contributed by atoms with Gasteiger partial charge in [-0.15, -0.1) is 0 Å². The van der Waals surface area contributed by atoms with Crippen molar-refractivity contribution in [3.05, 3.63) is 65.7 Å². The zero-order valence-corrected chi connectivity index (χ0v) is 14.0. The lowest BCUT2D eigenvalue weighted by atomic mass is 10.0. The van der Waals surface area contributed by atoms with E-state index in [-0.39, 0.29) is 5.91 Å². The van der Waals surface area contributed by atoms with Gasteiger partial charge < -0.3 is 9.73 Å². The van der Waals surface area contributed by atoms with Gasteiger partial charge in [-0.2, -0.15) is 5.10 Å². The summed E-state index contributed by atoms with van der Waals surface area (Å²) in [5.74, 6) is 1.63. The normalized spacial score (nSPS) is 10.8. The van der Waals surface area contributed by atoms with E-state index in [0.29, 0.717) is 19.4 Å². The van der Waals surface area contributed by atoms with Crippen molar-refractivity contribution in [2.75, 3.05) is 0 Å². The lowest BCUT2D eigenvalue weighted by molar-refractivity contribution is -0.121. The van der Waals surface area contributed by atoms with E-state index in [1.807, 2.05) is 62.6 Å². The smallest absolute Gasteiger partial charge is 0.220 e. The number of benzene rings is 1. The summed E-state index contributed by atoms with van der Waals surface area (Å²) in [7, 11) is 1.90. The Morgan fingerprint density at radius 3 is 2.71 bits per heavy atom. The highest BCUT2D eigenvalue weighted by Gasteiger charge is 2.12. The molecule has 0 unspecified atom stereocenters. The van der Waals surface area contributed by atoms with Crippen molar-refractivity contribution in [2.24, 2.45) is 7.05 Å². The number of nitrogens with zero attached hydrogens (tertiary/aromatic N) is 2. The van der Waals surface area contributed by atoms with E-state index in [9.17, 15) is 4.79 Å². The topological polar surface area (TPSA) is 60.1 Å². The van der Waals surface area contributed by atoms with E-state index < -0.39 is 0 Å². The Bertz CT molecular complexity index is 818. The van der Waals surface area contributed by atoms with E-state index >= 15 is 0 Å². The largest absolute Gasteiger partial charge is 0.465 e. The van der Waals surface area contributed by atoms with Crippen LogP contribution in [0.15, 0.2) is 53.1 Å². The van der Waals surface area contributed by atoms with E-state index in [1.54, 1.807) is 4.68 Å². The minimum absolute atomic E-state index is 0.00641. The van der Waals surface area contributed by atoms with Crippen LogP contribution in [0.4, 0.5) is 0 Å². The zero-order chi connectivity index (χ0) is 16.9. The summed E-state index contributed by atoms with van der Waals surface area (Å²) in [6, 6.07) is 13.8. The van der Waals surface area contributed by atoms with Crippen LogP contribution in [0.25, 0.3) is 11.3 Å². The second-order valence-corrected chi connectivity index (χ2v) is 5.83. The molecule has 124 valence electrons. The Morgan fingerprint density at radius 1 is 1.21 bits per heavy atom. The van der Waals surface area contributed by atoms with Gasteiger partial charge in [0.1, 0.15) is 11.5 Å². The van der Waals surface area contributed by atoms with E-state index in [1.165, 1.54) is 0 Å². The lowest BCUT2D eigenvalue weighted by Gasteiger charge is -2.04.